The van der Waals surface area contributed by atoms with Gasteiger partial charge in [0.15, 0.2) is 0 Å². The van der Waals surface area contributed by atoms with Gasteiger partial charge in [0, 0.05) is 19.0 Å². The molecule has 2 rings (SSSR count). The summed E-state index contributed by atoms with van der Waals surface area (Å²) in [6.45, 7) is 1.36. The fourth-order valence-corrected chi connectivity index (χ4v) is 2.16. The number of hydrogen-bond acceptors (Lipinski definition) is 3. The van der Waals surface area contributed by atoms with Crippen LogP contribution in [0.1, 0.15) is 18.9 Å². The van der Waals surface area contributed by atoms with Gasteiger partial charge in [-0.05, 0) is 42.3 Å². The summed E-state index contributed by atoms with van der Waals surface area (Å²) in [5, 5.41) is 5.07. The number of amides is 2. The molecule has 0 saturated carbocycles. The third kappa shape index (κ3) is 5.08. The molecular formula is C18H19FN2O3. The molecule has 2 aromatic rings. The van der Waals surface area contributed by atoms with Gasteiger partial charge in [-0.1, -0.05) is 12.1 Å². The summed E-state index contributed by atoms with van der Waals surface area (Å²) < 4.78 is 18.8. The normalized spacial score (nSPS) is 10.1. The van der Waals surface area contributed by atoms with Gasteiger partial charge in [0.1, 0.15) is 11.6 Å². The van der Waals surface area contributed by atoms with Crippen molar-refractivity contribution in [2.75, 3.05) is 17.7 Å². The Morgan fingerprint density at radius 2 is 1.79 bits per heavy atom. The van der Waals surface area contributed by atoms with Gasteiger partial charge in [0.2, 0.25) is 11.8 Å². The van der Waals surface area contributed by atoms with E-state index in [9.17, 15) is 14.0 Å². The lowest BCUT2D eigenvalue weighted by Gasteiger charge is -2.09. The number of carbonyl (C=O) groups excluding carboxylic acids is 2. The van der Waals surface area contributed by atoms with Crippen LogP contribution in [0.3, 0.4) is 0 Å². The van der Waals surface area contributed by atoms with Crippen LogP contribution in [0.15, 0.2) is 42.5 Å². The van der Waals surface area contributed by atoms with E-state index in [-0.39, 0.29) is 23.9 Å². The fourth-order valence-electron chi connectivity index (χ4n) is 2.16. The third-order valence-electron chi connectivity index (χ3n) is 3.36. The Labute approximate surface area is 139 Å². The maximum Gasteiger partial charge on any atom is 0.224 e. The van der Waals surface area contributed by atoms with E-state index in [1.807, 2.05) is 24.3 Å². The van der Waals surface area contributed by atoms with Crippen LogP contribution < -0.4 is 15.4 Å². The molecule has 0 saturated heterocycles. The Hall–Kier alpha value is -2.89. The topological polar surface area (TPSA) is 67.4 Å². The first-order valence-corrected chi connectivity index (χ1v) is 7.48. The Kier molecular flexibility index (Phi) is 5.89. The zero-order valence-corrected chi connectivity index (χ0v) is 13.6. The van der Waals surface area contributed by atoms with Crippen LogP contribution >= 0.6 is 0 Å². The van der Waals surface area contributed by atoms with Crippen molar-refractivity contribution < 1.29 is 18.7 Å². The zero-order chi connectivity index (χ0) is 17.5. The number of hydrogen-bond donors (Lipinski definition) is 2. The van der Waals surface area contributed by atoms with E-state index in [4.69, 9.17) is 4.74 Å². The first-order valence-electron chi connectivity index (χ1n) is 7.48. The molecule has 2 amide bonds. The van der Waals surface area contributed by atoms with E-state index < -0.39 is 5.82 Å². The molecule has 5 nitrogen and oxygen atoms in total. The highest BCUT2D eigenvalue weighted by atomic mass is 19.1. The minimum atomic E-state index is -0.554. The highest BCUT2D eigenvalue weighted by Crippen LogP contribution is 2.20. The van der Waals surface area contributed by atoms with Crippen molar-refractivity contribution in [2.24, 2.45) is 0 Å². The lowest BCUT2D eigenvalue weighted by atomic mass is 10.1. The molecule has 0 aliphatic carbocycles. The molecule has 0 atom stereocenters. The maximum absolute atomic E-state index is 13.8. The number of halogens is 1. The number of anilines is 2. The molecule has 0 spiro atoms. The Morgan fingerprint density at radius 3 is 2.42 bits per heavy atom. The van der Waals surface area contributed by atoms with Gasteiger partial charge in [-0.3, -0.25) is 9.59 Å². The number of nitrogens with one attached hydrogen (secondary N) is 2. The smallest absolute Gasteiger partial charge is 0.224 e. The lowest BCUT2D eigenvalue weighted by Crippen LogP contribution is -2.14. The van der Waals surface area contributed by atoms with Crippen molar-refractivity contribution in [3.8, 4) is 5.75 Å². The van der Waals surface area contributed by atoms with Gasteiger partial charge in [-0.15, -0.1) is 0 Å². The summed E-state index contributed by atoms with van der Waals surface area (Å²) in [4.78, 5) is 23.0. The van der Waals surface area contributed by atoms with Crippen molar-refractivity contribution in [2.45, 2.75) is 19.8 Å². The lowest BCUT2D eigenvalue weighted by molar-refractivity contribution is -0.116. The highest BCUT2D eigenvalue weighted by Gasteiger charge is 2.09. The molecule has 0 aromatic heterocycles. The SMILES string of the molecule is COc1ccc(CCC(=O)Nc2cc(NC(C)=O)ccc2F)cc1. The van der Waals surface area contributed by atoms with Crippen LogP contribution in [0.25, 0.3) is 0 Å². The second-order valence-electron chi connectivity index (χ2n) is 5.27. The van der Waals surface area contributed by atoms with E-state index in [1.54, 1.807) is 7.11 Å². The number of benzene rings is 2. The van der Waals surface area contributed by atoms with Gasteiger partial charge < -0.3 is 15.4 Å². The standard InChI is InChI=1S/C18H19FN2O3/c1-12(22)20-14-6-9-16(19)17(11-14)21-18(23)10-5-13-3-7-15(24-2)8-4-13/h3-4,6-9,11H,5,10H2,1-2H3,(H,20,22)(H,21,23). The van der Waals surface area contributed by atoms with Crippen molar-refractivity contribution >= 4 is 23.2 Å². The van der Waals surface area contributed by atoms with Crippen molar-refractivity contribution in [3.05, 3.63) is 53.8 Å². The van der Waals surface area contributed by atoms with Crippen LogP contribution in [-0.2, 0) is 16.0 Å². The highest BCUT2D eigenvalue weighted by molar-refractivity contribution is 5.93. The fraction of sp³-hybridized carbons (Fsp3) is 0.222. The van der Waals surface area contributed by atoms with Crippen LogP contribution in [0.2, 0.25) is 0 Å². The van der Waals surface area contributed by atoms with Crippen LogP contribution in [-0.4, -0.2) is 18.9 Å². The summed E-state index contributed by atoms with van der Waals surface area (Å²) in [5.41, 5.74) is 1.45. The average Bonchev–Trinajstić information content (AvgIpc) is 2.56. The van der Waals surface area contributed by atoms with Gasteiger partial charge in [0.05, 0.1) is 12.8 Å². The second-order valence-corrected chi connectivity index (χ2v) is 5.27. The molecule has 0 unspecified atom stereocenters. The van der Waals surface area contributed by atoms with E-state index in [2.05, 4.69) is 10.6 Å². The first kappa shape index (κ1) is 17.5. The summed E-state index contributed by atoms with van der Waals surface area (Å²) in [6, 6.07) is 11.4. The third-order valence-corrected chi connectivity index (χ3v) is 3.36. The van der Waals surface area contributed by atoms with Crippen molar-refractivity contribution in [3.63, 3.8) is 0 Å². The second kappa shape index (κ2) is 8.10. The molecule has 126 valence electrons. The number of aryl methyl sites for hydroxylation is 1. The van der Waals surface area contributed by atoms with Crippen LogP contribution in [0.5, 0.6) is 5.75 Å². The molecule has 2 aromatic carbocycles. The first-order chi connectivity index (χ1) is 11.5. The quantitative estimate of drug-likeness (QED) is 0.853. The predicted molar refractivity (Wildman–Crippen MR) is 90.6 cm³/mol. The van der Waals surface area contributed by atoms with E-state index in [0.29, 0.717) is 12.1 Å². The van der Waals surface area contributed by atoms with Gasteiger partial charge in [-0.25, -0.2) is 4.39 Å². The van der Waals surface area contributed by atoms with Gasteiger partial charge >= 0.3 is 0 Å². The molecule has 24 heavy (non-hydrogen) atoms. The Balaban J connectivity index is 1.94. The van der Waals surface area contributed by atoms with Crippen LogP contribution in [0, 0.1) is 5.82 Å². The van der Waals surface area contributed by atoms with Gasteiger partial charge in [-0.2, -0.15) is 0 Å². The summed E-state index contributed by atoms with van der Waals surface area (Å²) in [7, 11) is 1.59. The molecule has 0 fully saturated rings. The average molecular weight is 330 g/mol. The zero-order valence-electron chi connectivity index (χ0n) is 13.6. The number of rotatable bonds is 6. The van der Waals surface area contributed by atoms with E-state index in [1.165, 1.54) is 25.1 Å². The molecule has 0 heterocycles. The Morgan fingerprint density at radius 1 is 1.08 bits per heavy atom. The monoisotopic (exact) mass is 330 g/mol. The minimum Gasteiger partial charge on any atom is -0.497 e. The molecule has 6 heteroatoms. The molecule has 0 radical (unpaired) electrons. The van der Waals surface area contributed by atoms with Gasteiger partial charge in [0.25, 0.3) is 0 Å². The summed E-state index contributed by atoms with van der Waals surface area (Å²) >= 11 is 0. The molecule has 0 aliphatic heterocycles. The van der Waals surface area contributed by atoms with E-state index >= 15 is 0 Å². The molecular weight excluding hydrogens is 311 g/mol. The van der Waals surface area contributed by atoms with Crippen molar-refractivity contribution in [1.29, 1.82) is 0 Å². The molecule has 0 bridgehead atoms. The predicted octanol–water partition coefficient (Wildman–Crippen LogP) is 3.36. The van der Waals surface area contributed by atoms with Crippen molar-refractivity contribution in [1.82, 2.24) is 0 Å². The molecule has 0 aliphatic rings. The Bertz CT molecular complexity index is 730. The summed E-state index contributed by atoms with van der Waals surface area (Å²) in [5.74, 6) is -0.370. The maximum atomic E-state index is 13.8. The van der Waals surface area contributed by atoms with E-state index in [0.717, 1.165) is 11.3 Å². The largest absolute Gasteiger partial charge is 0.497 e. The number of carbonyl (C=O) groups is 2. The van der Waals surface area contributed by atoms with Crippen LogP contribution in [0.4, 0.5) is 15.8 Å². The minimum absolute atomic E-state index is 0.0426. The number of ether oxygens (including phenoxy) is 1. The molecule has 2 N–H and O–H groups in total. The summed E-state index contributed by atoms with van der Waals surface area (Å²) in [6.07, 6.45) is 0.749. The number of methoxy groups -OCH3 is 1.